The Morgan fingerprint density at radius 3 is 2.60 bits per heavy atom. The fourth-order valence-corrected chi connectivity index (χ4v) is 3.30. The Balaban J connectivity index is 1.52. The topological polar surface area (TPSA) is 64.4 Å². The molecular weight excluding hydrogens is 400 g/mol. The van der Waals surface area contributed by atoms with Crippen LogP contribution in [0.2, 0.25) is 5.02 Å². The Hall–Kier alpha value is -3.57. The molecular formula is C24H19ClN2O3. The standard InChI is InChI=1S/C24H19ClN2O3/c1-16-22(23(27-30-16)20-12-5-6-13-21(20)25)24(28)26-18-10-7-11-19(14-18)29-15-17-8-3-2-4-9-17/h2-14H,15H2,1H3,(H,26,28). The van der Waals surface area contributed by atoms with E-state index in [1.54, 1.807) is 31.2 Å². The molecule has 1 aromatic heterocycles. The Bertz CT molecular complexity index is 1170. The van der Waals surface area contributed by atoms with Crippen molar-refractivity contribution in [2.45, 2.75) is 13.5 Å². The summed E-state index contributed by atoms with van der Waals surface area (Å²) < 4.78 is 11.1. The third-order valence-electron chi connectivity index (χ3n) is 4.56. The summed E-state index contributed by atoms with van der Waals surface area (Å²) in [5.41, 5.74) is 3.07. The molecule has 3 aromatic carbocycles. The first-order valence-corrected chi connectivity index (χ1v) is 9.79. The van der Waals surface area contributed by atoms with Gasteiger partial charge in [-0.25, -0.2) is 0 Å². The first-order valence-electron chi connectivity index (χ1n) is 9.41. The maximum atomic E-state index is 13.0. The van der Waals surface area contributed by atoms with E-state index in [4.69, 9.17) is 20.9 Å². The second kappa shape index (κ2) is 8.84. The maximum absolute atomic E-state index is 13.0. The van der Waals surface area contributed by atoms with Gasteiger partial charge in [-0.2, -0.15) is 0 Å². The number of nitrogens with zero attached hydrogens (tertiary/aromatic N) is 1. The van der Waals surface area contributed by atoms with Crippen LogP contribution in [0.1, 0.15) is 21.7 Å². The van der Waals surface area contributed by atoms with E-state index in [1.807, 2.05) is 54.6 Å². The molecule has 0 aliphatic rings. The van der Waals surface area contributed by atoms with E-state index in [9.17, 15) is 4.79 Å². The molecule has 0 radical (unpaired) electrons. The second-order valence-electron chi connectivity index (χ2n) is 6.70. The quantitative estimate of drug-likeness (QED) is 0.408. The first kappa shape index (κ1) is 19.7. The minimum Gasteiger partial charge on any atom is -0.489 e. The molecule has 0 bridgehead atoms. The highest BCUT2D eigenvalue weighted by atomic mass is 35.5. The van der Waals surface area contributed by atoms with E-state index < -0.39 is 0 Å². The zero-order chi connectivity index (χ0) is 20.9. The number of anilines is 1. The number of carbonyl (C=O) groups excluding carboxylic acids is 1. The zero-order valence-electron chi connectivity index (χ0n) is 16.3. The summed E-state index contributed by atoms with van der Waals surface area (Å²) in [7, 11) is 0. The van der Waals surface area contributed by atoms with E-state index in [0.29, 0.717) is 45.6 Å². The number of halogens is 1. The Morgan fingerprint density at radius 1 is 1.03 bits per heavy atom. The van der Waals surface area contributed by atoms with Crippen LogP contribution in [0.3, 0.4) is 0 Å². The molecule has 5 nitrogen and oxygen atoms in total. The minimum atomic E-state index is -0.330. The van der Waals surface area contributed by atoms with Gasteiger partial charge in [-0.15, -0.1) is 0 Å². The number of carbonyl (C=O) groups is 1. The van der Waals surface area contributed by atoms with E-state index in [-0.39, 0.29) is 5.91 Å². The third kappa shape index (κ3) is 4.36. The molecule has 0 atom stereocenters. The highest BCUT2D eigenvalue weighted by Crippen LogP contribution is 2.31. The van der Waals surface area contributed by atoms with Crippen LogP contribution in [0.5, 0.6) is 5.75 Å². The van der Waals surface area contributed by atoms with Crippen molar-refractivity contribution in [3.05, 3.63) is 101 Å². The zero-order valence-corrected chi connectivity index (χ0v) is 17.0. The number of hydrogen-bond donors (Lipinski definition) is 1. The number of hydrogen-bond acceptors (Lipinski definition) is 4. The molecule has 1 heterocycles. The van der Waals surface area contributed by atoms with Gasteiger partial charge in [0.15, 0.2) is 0 Å². The van der Waals surface area contributed by atoms with Crippen molar-refractivity contribution in [3.63, 3.8) is 0 Å². The van der Waals surface area contributed by atoms with Crippen molar-refractivity contribution in [1.82, 2.24) is 5.16 Å². The molecule has 0 spiro atoms. The number of amides is 1. The summed E-state index contributed by atoms with van der Waals surface area (Å²) in [6.07, 6.45) is 0. The van der Waals surface area contributed by atoms with Crippen LogP contribution in [0.25, 0.3) is 11.3 Å². The number of ether oxygens (including phenoxy) is 1. The van der Waals surface area contributed by atoms with Gasteiger partial charge in [-0.05, 0) is 30.7 Å². The van der Waals surface area contributed by atoms with Crippen molar-refractivity contribution in [1.29, 1.82) is 0 Å². The van der Waals surface area contributed by atoms with Crippen LogP contribution in [0.4, 0.5) is 5.69 Å². The van der Waals surface area contributed by atoms with Gasteiger partial charge in [0.1, 0.15) is 29.4 Å². The Labute approximate surface area is 179 Å². The lowest BCUT2D eigenvalue weighted by molar-refractivity contribution is 0.102. The van der Waals surface area contributed by atoms with Gasteiger partial charge < -0.3 is 14.6 Å². The molecule has 0 aliphatic carbocycles. The minimum absolute atomic E-state index is 0.330. The summed E-state index contributed by atoms with van der Waals surface area (Å²) >= 11 is 6.28. The van der Waals surface area contributed by atoms with Gasteiger partial charge in [0.2, 0.25) is 0 Å². The first-order chi connectivity index (χ1) is 14.6. The van der Waals surface area contributed by atoms with Gasteiger partial charge in [0, 0.05) is 17.3 Å². The van der Waals surface area contributed by atoms with Crippen LogP contribution >= 0.6 is 11.6 Å². The van der Waals surface area contributed by atoms with Gasteiger partial charge in [-0.1, -0.05) is 71.4 Å². The predicted octanol–water partition coefficient (Wildman–Crippen LogP) is 6.13. The van der Waals surface area contributed by atoms with Crippen LogP contribution < -0.4 is 10.1 Å². The smallest absolute Gasteiger partial charge is 0.261 e. The molecule has 0 aliphatic heterocycles. The largest absolute Gasteiger partial charge is 0.489 e. The molecule has 4 rings (SSSR count). The summed E-state index contributed by atoms with van der Waals surface area (Å²) in [6, 6.07) is 24.3. The van der Waals surface area contributed by atoms with Crippen molar-refractivity contribution in [2.75, 3.05) is 5.32 Å². The monoisotopic (exact) mass is 418 g/mol. The number of rotatable bonds is 6. The number of aromatic nitrogens is 1. The van der Waals surface area contributed by atoms with Crippen molar-refractivity contribution in [2.24, 2.45) is 0 Å². The lowest BCUT2D eigenvalue weighted by Gasteiger charge is -2.10. The second-order valence-corrected chi connectivity index (χ2v) is 7.11. The molecule has 0 saturated carbocycles. The highest BCUT2D eigenvalue weighted by Gasteiger charge is 2.23. The SMILES string of the molecule is Cc1onc(-c2ccccc2Cl)c1C(=O)Nc1cccc(OCc2ccccc2)c1. The summed E-state index contributed by atoms with van der Waals surface area (Å²) in [6.45, 7) is 2.14. The van der Waals surface area contributed by atoms with Crippen LogP contribution in [0.15, 0.2) is 83.4 Å². The van der Waals surface area contributed by atoms with Crippen LogP contribution in [-0.4, -0.2) is 11.1 Å². The summed E-state index contributed by atoms with van der Waals surface area (Å²) in [4.78, 5) is 13.0. The average molecular weight is 419 g/mol. The predicted molar refractivity (Wildman–Crippen MR) is 117 cm³/mol. The van der Waals surface area contributed by atoms with E-state index in [2.05, 4.69) is 10.5 Å². The molecule has 6 heteroatoms. The van der Waals surface area contributed by atoms with Gasteiger partial charge in [0.05, 0.1) is 5.02 Å². The fraction of sp³-hybridized carbons (Fsp3) is 0.0833. The third-order valence-corrected chi connectivity index (χ3v) is 4.89. The van der Waals surface area contributed by atoms with Gasteiger partial charge >= 0.3 is 0 Å². The molecule has 30 heavy (non-hydrogen) atoms. The lowest BCUT2D eigenvalue weighted by atomic mass is 10.1. The van der Waals surface area contributed by atoms with Crippen molar-refractivity contribution >= 4 is 23.2 Å². The van der Waals surface area contributed by atoms with E-state index in [1.165, 1.54) is 0 Å². The molecule has 150 valence electrons. The molecule has 0 saturated heterocycles. The van der Waals surface area contributed by atoms with Crippen molar-refractivity contribution in [3.8, 4) is 17.0 Å². The molecule has 0 fully saturated rings. The van der Waals surface area contributed by atoms with E-state index in [0.717, 1.165) is 5.56 Å². The van der Waals surface area contributed by atoms with Crippen molar-refractivity contribution < 1.29 is 14.1 Å². The van der Waals surface area contributed by atoms with Gasteiger partial charge in [-0.3, -0.25) is 4.79 Å². The lowest BCUT2D eigenvalue weighted by Crippen LogP contribution is -2.13. The molecule has 4 aromatic rings. The van der Waals surface area contributed by atoms with Gasteiger partial charge in [0.25, 0.3) is 5.91 Å². The summed E-state index contributed by atoms with van der Waals surface area (Å²) in [5.74, 6) is 0.743. The normalized spacial score (nSPS) is 10.6. The van der Waals surface area contributed by atoms with E-state index >= 15 is 0 Å². The maximum Gasteiger partial charge on any atom is 0.261 e. The van der Waals surface area contributed by atoms with Crippen LogP contribution in [0, 0.1) is 6.92 Å². The average Bonchev–Trinajstić information content (AvgIpc) is 3.15. The number of nitrogens with one attached hydrogen (secondary N) is 1. The Kier molecular flexibility index (Phi) is 5.82. The Morgan fingerprint density at radius 2 is 1.80 bits per heavy atom. The molecule has 1 N–H and O–H groups in total. The highest BCUT2D eigenvalue weighted by molar-refractivity contribution is 6.33. The fourth-order valence-electron chi connectivity index (χ4n) is 3.07. The number of aryl methyl sites for hydroxylation is 1. The van der Waals surface area contributed by atoms with Crippen LogP contribution in [-0.2, 0) is 6.61 Å². The number of benzene rings is 3. The molecule has 0 unspecified atom stereocenters. The summed E-state index contributed by atoms with van der Waals surface area (Å²) in [5, 5.41) is 7.43. The molecule has 1 amide bonds.